The van der Waals surface area contributed by atoms with E-state index in [0.29, 0.717) is 0 Å². The highest BCUT2D eigenvalue weighted by Gasteiger charge is 1.94. The third-order valence-electron chi connectivity index (χ3n) is 2.55. The van der Waals surface area contributed by atoms with E-state index in [9.17, 15) is 0 Å². The van der Waals surface area contributed by atoms with Gasteiger partial charge in [0.25, 0.3) is 0 Å². The highest BCUT2D eigenvalue weighted by atomic mass is 35.5. The smallest absolute Gasteiger partial charge is 0.0945 e. The first-order chi connectivity index (χ1) is 8.34. The molecule has 0 fully saturated rings. The molecule has 0 saturated carbocycles. The van der Waals surface area contributed by atoms with Gasteiger partial charge in [-0.3, -0.25) is 0 Å². The van der Waals surface area contributed by atoms with E-state index in [-0.39, 0.29) is 12.4 Å². The Balaban J connectivity index is 0.00000162. The van der Waals surface area contributed by atoms with E-state index in [1.807, 2.05) is 30.7 Å². The highest BCUT2D eigenvalue weighted by Crippen LogP contribution is 2.10. The van der Waals surface area contributed by atoms with Crippen LogP contribution in [0.2, 0.25) is 5.02 Å². The molecule has 1 N–H and O–H groups in total. The summed E-state index contributed by atoms with van der Waals surface area (Å²) in [7, 11) is 0. The number of imidazole rings is 1. The molecule has 0 bridgehead atoms. The number of nitrogens with zero attached hydrogens (tertiary/aromatic N) is 2. The molecule has 5 heteroatoms. The largest absolute Gasteiger partial charge is 0.337 e. The Morgan fingerprint density at radius 3 is 2.94 bits per heavy atom. The van der Waals surface area contributed by atoms with Gasteiger partial charge >= 0.3 is 0 Å². The lowest BCUT2D eigenvalue weighted by molar-refractivity contribution is 0.581. The fourth-order valence-electron chi connectivity index (χ4n) is 1.69. The van der Waals surface area contributed by atoms with Crippen LogP contribution in [0.1, 0.15) is 12.0 Å². The molecule has 18 heavy (non-hydrogen) atoms. The molecule has 0 saturated heterocycles. The van der Waals surface area contributed by atoms with E-state index in [2.05, 4.69) is 20.9 Å². The maximum atomic E-state index is 5.91. The van der Waals surface area contributed by atoms with Crippen molar-refractivity contribution in [2.75, 3.05) is 6.54 Å². The minimum absolute atomic E-state index is 0. The van der Waals surface area contributed by atoms with Gasteiger partial charge in [0.1, 0.15) is 0 Å². The lowest BCUT2D eigenvalue weighted by atomic mass is 10.2. The molecule has 0 radical (unpaired) electrons. The summed E-state index contributed by atoms with van der Waals surface area (Å²) >= 11 is 5.91. The third-order valence-corrected chi connectivity index (χ3v) is 2.78. The Morgan fingerprint density at radius 1 is 1.33 bits per heavy atom. The zero-order chi connectivity index (χ0) is 11.9. The highest BCUT2D eigenvalue weighted by molar-refractivity contribution is 6.30. The van der Waals surface area contributed by atoms with Crippen LogP contribution in [0, 0.1) is 0 Å². The molecule has 1 aromatic carbocycles. The summed E-state index contributed by atoms with van der Waals surface area (Å²) in [5.41, 5.74) is 1.22. The van der Waals surface area contributed by atoms with E-state index in [1.165, 1.54) is 5.56 Å². The summed E-state index contributed by atoms with van der Waals surface area (Å²) in [5.74, 6) is 0. The molecule has 3 nitrogen and oxygen atoms in total. The van der Waals surface area contributed by atoms with E-state index in [0.717, 1.165) is 31.1 Å². The number of aromatic nitrogens is 2. The lowest BCUT2D eigenvalue weighted by Gasteiger charge is -2.05. The minimum Gasteiger partial charge on any atom is -0.337 e. The number of rotatable bonds is 6. The van der Waals surface area contributed by atoms with Gasteiger partial charge in [0.2, 0.25) is 0 Å². The van der Waals surface area contributed by atoms with Crippen LogP contribution in [0.3, 0.4) is 0 Å². The van der Waals surface area contributed by atoms with Crippen LogP contribution in [0.25, 0.3) is 0 Å². The monoisotopic (exact) mass is 285 g/mol. The van der Waals surface area contributed by atoms with E-state index in [4.69, 9.17) is 11.6 Å². The zero-order valence-corrected chi connectivity index (χ0v) is 11.6. The van der Waals surface area contributed by atoms with Crippen molar-refractivity contribution >= 4 is 24.0 Å². The van der Waals surface area contributed by atoms with Crippen molar-refractivity contribution < 1.29 is 0 Å². The summed E-state index contributed by atoms with van der Waals surface area (Å²) in [6.45, 7) is 2.86. The van der Waals surface area contributed by atoms with Gasteiger partial charge in [-0.15, -0.1) is 12.4 Å². The second-order valence-electron chi connectivity index (χ2n) is 3.96. The van der Waals surface area contributed by atoms with Crippen molar-refractivity contribution in [3.8, 4) is 0 Å². The van der Waals surface area contributed by atoms with Crippen LogP contribution >= 0.6 is 24.0 Å². The van der Waals surface area contributed by atoms with Crippen molar-refractivity contribution in [1.82, 2.24) is 14.9 Å². The van der Waals surface area contributed by atoms with Gasteiger partial charge in [0.05, 0.1) is 6.33 Å². The Bertz CT molecular complexity index is 443. The van der Waals surface area contributed by atoms with Crippen molar-refractivity contribution in [2.45, 2.75) is 19.5 Å². The topological polar surface area (TPSA) is 29.9 Å². The van der Waals surface area contributed by atoms with Gasteiger partial charge in [-0.05, 0) is 30.7 Å². The quantitative estimate of drug-likeness (QED) is 0.827. The SMILES string of the molecule is Cl.Clc1cccc(CNCCCn2ccnc2)c1. The van der Waals surface area contributed by atoms with Crippen LogP contribution in [0.4, 0.5) is 0 Å². The van der Waals surface area contributed by atoms with Crippen molar-refractivity contribution in [1.29, 1.82) is 0 Å². The lowest BCUT2D eigenvalue weighted by Crippen LogP contribution is -2.16. The first-order valence-corrected chi connectivity index (χ1v) is 6.13. The van der Waals surface area contributed by atoms with Gasteiger partial charge in [-0.25, -0.2) is 4.98 Å². The predicted molar refractivity (Wildman–Crippen MR) is 77.3 cm³/mol. The third kappa shape index (κ3) is 5.08. The standard InChI is InChI=1S/C13H16ClN3.ClH/c14-13-4-1-3-12(9-13)10-15-5-2-7-17-8-6-16-11-17;/h1,3-4,6,8-9,11,15H,2,5,7,10H2;1H. The number of halogens is 2. The number of nitrogens with one attached hydrogen (secondary N) is 1. The Morgan fingerprint density at radius 2 is 2.22 bits per heavy atom. The maximum absolute atomic E-state index is 5.91. The van der Waals surface area contributed by atoms with Crippen LogP contribution in [0.5, 0.6) is 0 Å². The second-order valence-corrected chi connectivity index (χ2v) is 4.40. The molecular formula is C13H17Cl2N3. The summed E-state index contributed by atoms with van der Waals surface area (Å²) in [6.07, 6.45) is 6.73. The molecule has 98 valence electrons. The van der Waals surface area contributed by atoms with Crippen molar-refractivity contribution in [3.05, 3.63) is 53.6 Å². The zero-order valence-electron chi connectivity index (χ0n) is 10.1. The molecule has 0 amide bonds. The molecule has 0 aliphatic heterocycles. The van der Waals surface area contributed by atoms with Gasteiger partial charge < -0.3 is 9.88 Å². The van der Waals surface area contributed by atoms with Gasteiger partial charge in [0, 0.05) is 30.5 Å². The van der Waals surface area contributed by atoms with Crippen molar-refractivity contribution in [2.24, 2.45) is 0 Å². The van der Waals surface area contributed by atoms with Crippen LogP contribution in [-0.2, 0) is 13.1 Å². The van der Waals surface area contributed by atoms with Crippen LogP contribution < -0.4 is 5.32 Å². The Labute approximate surface area is 119 Å². The molecule has 1 heterocycles. The number of hydrogen-bond donors (Lipinski definition) is 1. The molecule has 0 spiro atoms. The van der Waals surface area contributed by atoms with E-state index < -0.39 is 0 Å². The van der Waals surface area contributed by atoms with E-state index in [1.54, 1.807) is 6.20 Å². The number of hydrogen-bond acceptors (Lipinski definition) is 2. The first kappa shape index (κ1) is 15.0. The summed E-state index contributed by atoms with van der Waals surface area (Å²) in [5, 5.41) is 4.19. The molecule has 0 unspecified atom stereocenters. The molecule has 0 atom stereocenters. The van der Waals surface area contributed by atoms with Gasteiger partial charge in [-0.2, -0.15) is 0 Å². The molecule has 1 aromatic heterocycles. The summed E-state index contributed by atoms with van der Waals surface area (Å²) in [6, 6.07) is 7.94. The predicted octanol–water partition coefficient (Wildman–Crippen LogP) is 3.14. The molecular weight excluding hydrogens is 269 g/mol. The Hall–Kier alpha value is -1.03. The summed E-state index contributed by atoms with van der Waals surface area (Å²) < 4.78 is 2.08. The average Bonchev–Trinajstić information content (AvgIpc) is 2.82. The Kier molecular flexibility index (Phi) is 6.80. The first-order valence-electron chi connectivity index (χ1n) is 5.75. The molecule has 0 aliphatic rings. The second kappa shape index (κ2) is 8.14. The minimum atomic E-state index is 0. The summed E-state index contributed by atoms with van der Waals surface area (Å²) in [4.78, 5) is 4.01. The van der Waals surface area contributed by atoms with E-state index >= 15 is 0 Å². The molecule has 2 aromatic rings. The average molecular weight is 286 g/mol. The van der Waals surface area contributed by atoms with Gasteiger partial charge in [0.15, 0.2) is 0 Å². The van der Waals surface area contributed by atoms with Crippen molar-refractivity contribution in [3.63, 3.8) is 0 Å². The maximum Gasteiger partial charge on any atom is 0.0945 e. The van der Waals surface area contributed by atoms with Crippen LogP contribution in [0.15, 0.2) is 43.0 Å². The van der Waals surface area contributed by atoms with Crippen LogP contribution in [-0.4, -0.2) is 16.1 Å². The molecule has 0 aliphatic carbocycles. The fourth-order valence-corrected chi connectivity index (χ4v) is 1.90. The normalized spacial score (nSPS) is 10.1. The fraction of sp³-hybridized carbons (Fsp3) is 0.308. The number of aryl methyl sites for hydroxylation is 1. The molecule has 2 rings (SSSR count). The van der Waals surface area contributed by atoms with Gasteiger partial charge in [-0.1, -0.05) is 23.7 Å². The number of benzene rings is 1.